The molecule has 0 nitrogen and oxygen atoms in total. The first kappa shape index (κ1) is 24.3. The van der Waals surface area contributed by atoms with E-state index in [4.69, 9.17) is 0 Å². The molecule has 0 amide bonds. The molecule has 0 saturated carbocycles. The van der Waals surface area contributed by atoms with Crippen molar-refractivity contribution in [3.8, 4) is 23.7 Å². The van der Waals surface area contributed by atoms with E-state index < -0.39 is 5.82 Å². The molecule has 0 atom stereocenters. The SMILES string of the molecule is CCCCCCCc1ccc(C#Cc2ccc(C#Cc3ccc(CC)cc3)c(F)c2)cc1F. The molecule has 0 fully saturated rings. The van der Waals surface area contributed by atoms with Gasteiger partial charge in [-0.05, 0) is 72.9 Å². The first-order valence-electron chi connectivity index (χ1n) is 11.8. The smallest absolute Gasteiger partial charge is 0.140 e. The Hall–Kier alpha value is -3.36. The third-order valence-corrected chi connectivity index (χ3v) is 5.63. The van der Waals surface area contributed by atoms with Crippen molar-refractivity contribution in [2.24, 2.45) is 0 Å². The minimum absolute atomic E-state index is 0.221. The van der Waals surface area contributed by atoms with E-state index in [-0.39, 0.29) is 5.82 Å². The van der Waals surface area contributed by atoms with Gasteiger partial charge in [0.25, 0.3) is 0 Å². The quantitative estimate of drug-likeness (QED) is 0.259. The van der Waals surface area contributed by atoms with Crippen LogP contribution in [-0.2, 0) is 12.8 Å². The average Bonchev–Trinajstić information content (AvgIpc) is 2.83. The molecule has 0 radical (unpaired) electrons. The zero-order valence-electron chi connectivity index (χ0n) is 19.5. The highest BCUT2D eigenvalue weighted by atomic mass is 19.1. The molecule has 0 aliphatic carbocycles. The summed E-state index contributed by atoms with van der Waals surface area (Å²) in [5.74, 6) is 11.1. The number of hydrogen-bond acceptors (Lipinski definition) is 0. The molecular weight excluding hydrogens is 410 g/mol. The zero-order chi connectivity index (χ0) is 23.5. The molecule has 0 spiro atoms. The van der Waals surface area contributed by atoms with Crippen LogP contribution in [0.5, 0.6) is 0 Å². The van der Waals surface area contributed by atoms with Gasteiger partial charge in [-0.25, -0.2) is 8.78 Å². The largest absolute Gasteiger partial charge is 0.207 e. The van der Waals surface area contributed by atoms with Crippen LogP contribution >= 0.6 is 0 Å². The molecule has 0 bridgehead atoms. The highest BCUT2D eigenvalue weighted by Gasteiger charge is 2.03. The maximum absolute atomic E-state index is 14.5. The average molecular weight is 441 g/mol. The molecule has 33 heavy (non-hydrogen) atoms. The van der Waals surface area contributed by atoms with E-state index in [1.54, 1.807) is 12.1 Å². The third kappa shape index (κ3) is 7.62. The van der Waals surface area contributed by atoms with Crippen LogP contribution in [-0.4, -0.2) is 0 Å². The molecule has 3 aromatic carbocycles. The lowest BCUT2D eigenvalue weighted by Gasteiger charge is -2.04. The molecule has 0 heterocycles. The van der Waals surface area contributed by atoms with Crippen molar-refractivity contribution < 1.29 is 8.78 Å². The first-order chi connectivity index (χ1) is 16.1. The Labute approximate surface area is 197 Å². The van der Waals surface area contributed by atoms with Crippen LogP contribution in [0.1, 0.15) is 79.3 Å². The highest BCUT2D eigenvalue weighted by Crippen LogP contribution is 2.15. The van der Waals surface area contributed by atoms with Crippen LogP contribution in [0.2, 0.25) is 0 Å². The van der Waals surface area contributed by atoms with E-state index in [1.165, 1.54) is 37.0 Å². The van der Waals surface area contributed by atoms with Crippen molar-refractivity contribution in [2.75, 3.05) is 0 Å². The maximum Gasteiger partial charge on any atom is 0.140 e. The lowest BCUT2D eigenvalue weighted by molar-refractivity contribution is 0.587. The normalized spacial score (nSPS) is 10.2. The van der Waals surface area contributed by atoms with Gasteiger partial charge in [0.1, 0.15) is 11.6 Å². The monoisotopic (exact) mass is 440 g/mol. The molecule has 3 rings (SSSR count). The number of hydrogen-bond donors (Lipinski definition) is 0. The molecule has 0 aromatic heterocycles. The van der Waals surface area contributed by atoms with Crippen LogP contribution in [0, 0.1) is 35.3 Å². The van der Waals surface area contributed by atoms with Gasteiger partial charge in [0, 0.05) is 16.7 Å². The van der Waals surface area contributed by atoms with Crippen LogP contribution in [0.25, 0.3) is 0 Å². The summed E-state index contributed by atoms with van der Waals surface area (Å²) in [6, 6.07) is 17.8. The summed E-state index contributed by atoms with van der Waals surface area (Å²) in [6.45, 7) is 4.28. The van der Waals surface area contributed by atoms with Crippen molar-refractivity contribution in [1.82, 2.24) is 0 Å². The van der Waals surface area contributed by atoms with Crippen molar-refractivity contribution in [1.29, 1.82) is 0 Å². The Morgan fingerprint density at radius 2 is 1.21 bits per heavy atom. The van der Waals surface area contributed by atoms with Gasteiger partial charge in [0.2, 0.25) is 0 Å². The Kier molecular flexibility index (Phi) is 9.29. The standard InChI is InChI=1S/C31H30F2/c1-3-5-6-7-8-9-28-20-17-26(22-30(28)32)14-15-27-18-21-29(31(33)23-27)19-16-25-12-10-24(4-2)11-13-25/h10-13,17-18,20-23H,3-9H2,1-2H3. The summed E-state index contributed by atoms with van der Waals surface area (Å²) in [5.41, 5.74) is 4.27. The predicted molar refractivity (Wildman–Crippen MR) is 133 cm³/mol. The van der Waals surface area contributed by atoms with E-state index in [0.29, 0.717) is 16.7 Å². The van der Waals surface area contributed by atoms with E-state index >= 15 is 0 Å². The number of halogens is 2. The summed E-state index contributed by atoms with van der Waals surface area (Å²) in [6.07, 6.45) is 7.49. The topological polar surface area (TPSA) is 0 Å². The molecular formula is C31H30F2. The molecule has 3 aromatic rings. The fourth-order valence-electron chi connectivity index (χ4n) is 3.55. The van der Waals surface area contributed by atoms with Crippen LogP contribution < -0.4 is 0 Å². The van der Waals surface area contributed by atoms with Gasteiger partial charge in [-0.3, -0.25) is 0 Å². The Morgan fingerprint density at radius 3 is 1.85 bits per heavy atom. The molecule has 0 aliphatic heterocycles. The van der Waals surface area contributed by atoms with Crippen molar-refractivity contribution >= 4 is 0 Å². The minimum atomic E-state index is -0.413. The van der Waals surface area contributed by atoms with Gasteiger partial charge < -0.3 is 0 Å². The van der Waals surface area contributed by atoms with Crippen LogP contribution in [0.3, 0.4) is 0 Å². The Bertz CT molecular complexity index is 1180. The van der Waals surface area contributed by atoms with Gasteiger partial charge in [0.15, 0.2) is 0 Å². The molecule has 0 saturated heterocycles. The molecule has 2 heteroatoms. The lowest BCUT2D eigenvalue weighted by atomic mass is 10.0. The maximum atomic E-state index is 14.5. The third-order valence-electron chi connectivity index (χ3n) is 5.63. The van der Waals surface area contributed by atoms with Gasteiger partial charge >= 0.3 is 0 Å². The summed E-state index contributed by atoms with van der Waals surface area (Å²) >= 11 is 0. The molecule has 168 valence electrons. The number of unbranched alkanes of at least 4 members (excludes halogenated alkanes) is 4. The molecule has 0 unspecified atom stereocenters. The Balaban J connectivity index is 1.64. The Morgan fingerprint density at radius 1 is 0.606 bits per heavy atom. The minimum Gasteiger partial charge on any atom is -0.207 e. The van der Waals surface area contributed by atoms with Crippen molar-refractivity contribution in [3.63, 3.8) is 0 Å². The van der Waals surface area contributed by atoms with Crippen LogP contribution in [0.4, 0.5) is 8.78 Å². The number of aryl methyl sites for hydroxylation is 2. The van der Waals surface area contributed by atoms with Crippen LogP contribution in [0.15, 0.2) is 60.7 Å². The fraction of sp³-hybridized carbons (Fsp3) is 0.290. The van der Waals surface area contributed by atoms with E-state index in [0.717, 1.165) is 36.8 Å². The predicted octanol–water partition coefficient (Wildman–Crippen LogP) is 7.84. The lowest BCUT2D eigenvalue weighted by Crippen LogP contribution is -1.92. The second-order valence-corrected chi connectivity index (χ2v) is 8.22. The molecule has 0 aliphatic rings. The number of benzene rings is 3. The fourth-order valence-corrected chi connectivity index (χ4v) is 3.55. The molecule has 0 N–H and O–H groups in total. The van der Waals surface area contributed by atoms with Gasteiger partial charge in [0.05, 0.1) is 5.56 Å². The zero-order valence-corrected chi connectivity index (χ0v) is 19.5. The van der Waals surface area contributed by atoms with Crippen molar-refractivity contribution in [3.05, 3.63) is 106 Å². The van der Waals surface area contributed by atoms with E-state index in [1.807, 2.05) is 36.4 Å². The van der Waals surface area contributed by atoms with Gasteiger partial charge in [-0.15, -0.1) is 0 Å². The second-order valence-electron chi connectivity index (χ2n) is 8.22. The summed E-state index contributed by atoms with van der Waals surface area (Å²) < 4.78 is 28.9. The van der Waals surface area contributed by atoms with Crippen molar-refractivity contribution in [2.45, 2.75) is 58.8 Å². The summed E-state index contributed by atoms with van der Waals surface area (Å²) in [5, 5.41) is 0. The number of rotatable bonds is 7. The highest BCUT2D eigenvalue weighted by molar-refractivity contribution is 5.49. The van der Waals surface area contributed by atoms with E-state index in [2.05, 4.69) is 37.5 Å². The van der Waals surface area contributed by atoms with Gasteiger partial charge in [-0.2, -0.15) is 0 Å². The van der Waals surface area contributed by atoms with Gasteiger partial charge in [-0.1, -0.05) is 81.4 Å². The summed E-state index contributed by atoms with van der Waals surface area (Å²) in [4.78, 5) is 0. The first-order valence-corrected chi connectivity index (χ1v) is 11.8. The van der Waals surface area contributed by atoms with E-state index in [9.17, 15) is 8.78 Å². The second kappa shape index (κ2) is 12.6. The summed E-state index contributed by atoms with van der Waals surface area (Å²) in [7, 11) is 0.